The molecule has 0 radical (unpaired) electrons. The minimum atomic E-state index is -0.192. The molecule has 3 aromatic carbocycles. The number of para-hydroxylation sites is 1. The molecular formula is C24H22ClFN2. The Hall–Kier alpha value is -2.62. The highest BCUT2D eigenvalue weighted by atomic mass is 35.5. The Morgan fingerprint density at radius 1 is 0.857 bits per heavy atom. The molecule has 4 rings (SSSR count). The Bertz CT molecular complexity index is 1070. The monoisotopic (exact) mass is 392 g/mol. The number of halogens is 2. The van der Waals surface area contributed by atoms with Gasteiger partial charge in [-0.05, 0) is 53.9 Å². The van der Waals surface area contributed by atoms with Crippen molar-refractivity contribution in [3.63, 3.8) is 0 Å². The summed E-state index contributed by atoms with van der Waals surface area (Å²) in [5, 5.41) is 5.56. The first-order valence-corrected chi connectivity index (χ1v) is 9.84. The van der Waals surface area contributed by atoms with Crippen molar-refractivity contribution in [2.45, 2.75) is 19.5 Å². The van der Waals surface area contributed by atoms with Gasteiger partial charge in [0, 0.05) is 35.2 Å². The van der Waals surface area contributed by atoms with Crippen LogP contribution in [0.2, 0.25) is 5.02 Å². The van der Waals surface area contributed by atoms with Gasteiger partial charge in [-0.25, -0.2) is 4.39 Å². The topological polar surface area (TPSA) is 17.0 Å². The molecule has 0 unspecified atom stereocenters. The molecule has 4 aromatic rings. The van der Waals surface area contributed by atoms with E-state index in [0.717, 1.165) is 42.2 Å². The second kappa shape index (κ2) is 8.59. The Morgan fingerprint density at radius 3 is 2.43 bits per heavy atom. The lowest BCUT2D eigenvalue weighted by molar-refractivity contribution is 0.626. The van der Waals surface area contributed by atoms with Gasteiger partial charge in [-0.15, -0.1) is 0 Å². The van der Waals surface area contributed by atoms with Gasteiger partial charge in [-0.3, -0.25) is 0 Å². The van der Waals surface area contributed by atoms with Gasteiger partial charge in [0.1, 0.15) is 5.82 Å². The third-order valence-electron chi connectivity index (χ3n) is 4.99. The second-order valence-corrected chi connectivity index (χ2v) is 7.35. The van der Waals surface area contributed by atoms with E-state index in [4.69, 9.17) is 11.6 Å². The fraction of sp³-hybridized carbons (Fsp3) is 0.167. The van der Waals surface area contributed by atoms with Crippen molar-refractivity contribution in [1.82, 2.24) is 9.88 Å². The van der Waals surface area contributed by atoms with Crippen molar-refractivity contribution < 1.29 is 4.39 Å². The van der Waals surface area contributed by atoms with Gasteiger partial charge in [0.2, 0.25) is 0 Å². The minimum absolute atomic E-state index is 0.192. The molecule has 4 heteroatoms. The minimum Gasteiger partial charge on any atom is -0.343 e. The molecule has 1 N–H and O–H groups in total. The van der Waals surface area contributed by atoms with Gasteiger partial charge in [0.15, 0.2) is 0 Å². The predicted octanol–water partition coefficient (Wildman–Crippen LogP) is 5.81. The van der Waals surface area contributed by atoms with E-state index in [1.54, 1.807) is 0 Å². The van der Waals surface area contributed by atoms with Crippen molar-refractivity contribution in [3.05, 3.63) is 107 Å². The highest BCUT2D eigenvalue weighted by Gasteiger charge is 2.09. The van der Waals surface area contributed by atoms with E-state index in [1.165, 1.54) is 28.6 Å². The number of rotatable bonds is 7. The SMILES string of the molecule is Fc1ccc(CCNCc2cn(Cc3ccccc3Cl)c3ccccc23)cc1. The molecular weight excluding hydrogens is 371 g/mol. The molecule has 0 amide bonds. The van der Waals surface area contributed by atoms with Crippen molar-refractivity contribution in [3.8, 4) is 0 Å². The van der Waals surface area contributed by atoms with Gasteiger partial charge >= 0.3 is 0 Å². The average Bonchev–Trinajstić information content (AvgIpc) is 3.06. The summed E-state index contributed by atoms with van der Waals surface area (Å²) in [6.07, 6.45) is 3.08. The first-order valence-electron chi connectivity index (χ1n) is 9.46. The largest absolute Gasteiger partial charge is 0.343 e. The van der Waals surface area contributed by atoms with Crippen molar-refractivity contribution in [2.75, 3.05) is 6.54 Å². The maximum absolute atomic E-state index is 13.0. The van der Waals surface area contributed by atoms with E-state index < -0.39 is 0 Å². The van der Waals surface area contributed by atoms with Crippen LogP contribution in [0, 0.1) is 5.82 Å². The van der Waals surface area contributed by atoms with E-state index >= 15 is 0 Å². The van der Waals surface area contributed by atoms with Gasteiger partial charge < -0.3 is 9.88 Å². The van der Waals surface area contributed by atoms with Crippen LogP contribution in [0.5, 0.6) is 0 Å². The number of hydrogen-bond donors (Lipinski definition) is 1. The molecule has 0 aliphatic rings. The Kier molecular flexibility index (Phi) is 5.75. The number of nitrogens with one attached hydrogen (secondary N) is 1. The van der Waals surface area contributed by atoms with E-state index in [1.807, 2.05) is 30.3 Å². The van der Waals surface area contributed by atoms with Crippen molar-refractivity contribution in [2.24, 2.45) is 0 Å². The molecule has 0 spiro atoms. The molecule has 0 atom stereocenters. The zero-order valence-electron chi connectivity index (χ0n) is 15.5. The number of nitrogens with zero attached hydrogens (tertiary/aromatic N) is 1. The summed E-state index contributed by atoms with van der Waals surface area (Å²) in [5.41, 5.74) is 4.72. The quantitative estimate of drug-likeness (QED) is 0.392. The third-order valence-corrected chi connectivity index (χ3v) is 5.36. The van der Waals surface area contributed by atoms with E-state index in [0.29, 0.717) is 0 Å². The summed E-state index contributed by atoms with van der Waals surface area (Å²) >= 11 is 6.35. The van der Waals surface area contributed by atoms with Crippen LogP contribution in [0.25, 0.3) is 10.9 Å². The maximum Gasteiger partial charge on any atom is 0.123 e. The Morgan fingerprint density at radius 2 is 1.61 bits per heavy atom. The summed E-state index contributed by atoms with van der Waals surface area (Å²) in [7, 11) is 0. The molecule has 0 saturated heterocycles. The number of fused-ring (bicyclic) bond motifs is 1. The highest BCUT2D eigenvalue weighted by Crippen LogP contribution is 2.24. The smallest absolute Gasteiger partial charge is 0.123 e. The van der Waals surface area contributed by atoms with Crippen LogP contribution >= 0.6 is 11.6 Å². The predicted molar refractivity (Wildman–Crippen MR) is 114 cm³/mol. The molecule has 0 bridgehead atoms. The van der Waals surface area contributed by atoms with E-state index in [2.05, 4.69) is 46.4 Å². The van der Waals surface area contributed by atoms with E-state index in [9.17, 15) is 4.39 Å². The molecule has 0 fully saturated rings. The van der Waals surface area contributed by atoms with E-state index in [-0.39, 0.29) is 5.82 Å². The lowest BCUT2D eigenvalue weighted by Gasteiger charge is -2.07. The van der Waals surface area contributed by atoms with Crippen LogP contribution in [-0.4, -0.2) is 11.1 Å². The standard InChI is InChI=1S/C24H22ClFN2/c25-23-7-3-1-5-19(23)16-28-17-20(22-6-2-4-8-24(22)28)15-27-14-13-18-9-11-21(26)12-10-18/h1-12,17,27H,13-16H2. The molecule has 1 aromatic heterocycles. The van der Waals surface area contributed by atoms with Crippen LogP contribution in [-0.2, 0) is 19.5 Å². The highest BCUT2D eigenvalue weighted by molar-refractivity contribution is 6.31. The first kappa shape index (κ1) is 18.7. The summed E-state index contributed by atoms with van der Waals surface area (Å²) in [4.78, 5) is 0. The molecule has 142 valence electrons. The fourth-order valence-corrected chi connectivity index (χ4v) is 3.71. The van der Waals surface area contributed by atoms with Gasteiger partial charge in [-0.2, -0.15) is 0 Å². The van der Waals surface area contributed by atoms with Gasteiger partial charge in [0.25, 0.3) is 0 Å². The van der Waals surface area contributed by atoms with Gasteiger partial charge in [0.05, 0.1) is 0 Å². The van der Waals surface area contributed by atoms with Gasteiger partial charge in [-0.1, -0.05) is 60.1 Å². The molecule has 0 saturated carbocycles. The van der Waals surface area contributed by atoms with Crippen molar-refractivity contribution in [1.29, 1.82) is 0 Å². The summed E-state index contributed by atoms with van der Waals surface area (Å²) in [6, 6.07) is 23.1. The second-order valence-electron chi connectivity index (χ2n) is 6.94. The summed E-state index contributed by atoms with van der Waals surface area (Å²) in [6.45, 7) is 2.38. The normalized spacial score (nSPS) is 11.2. The Balaban J connectivity index is 1.46. The lowest BCUT2D eigenvalue weighted by atomic mass is 10.1. The van der Waals surface area contributed by atoms with Crippen LogP contribution in [0.1, 0.15) is 16.7 Å². The average molecular weight is 393 g/mol. The molecule has 2 nitrogen and oxygen atoms in total. The zero-order valence-corrected chi connectivity index (χ0v) is 16.3. The number of aromatic nitrogens is 1. The van der Waals surface area contributed by atoms with Crippen LogP contribution in [0.4, 0.5) is 4.39 Å². The maximum atomic E-state index is 13.0. The van der Waals surface area contributed by atoms with Crippen LogP contribution in [0.15, 0.2) is 79.0 Å². The number of hydrogen-bond acceptors (Lipinski definition) is 1. The third kappa shape index (κ3) is 4.27. The molecule has 28 heavy (non-hydrogen) atoms. The number of benzene rings is 3. The van der Waals surface area contributed by atoms with Crippen molar-refractivity contribution >= 4 is 22.5 Å². The molecule has 1 heterocycles. The fourth-order valence-electron chi connectivity index (χ4n) is 3.51. The zero-order chi connectivity index (χ0) is 19.3. The summed E-state index contributed by atoms with van der Waals surface area (Å²) in [5.74, 6) is -0.192. The Labute approximate surface area is 169 Å². The van der Waals surface area contributed by atoms with Crippen LogP contribution < -0.4 is 5.32 Å². The lowest BCUT2D eigenvalue weighted by Crippen LogP contribution is -2.16. The summed E-state index contributed by atoms with van der Waals surface area (Å²) < 4.78 is 15.3. The molecule has 0 aliphatic heterocycles. The first-order chi connectivity index (χ1) is 13.7. The van der Waals surface area contributed by atoms with Crippen LogP contribution in [0.3, 0.4) is 0 Å². The molecule has 0 aliphatic carbocycles.